The highest BCUT2D eigenvalue weighted by atomic mass is 16.5. The third kappa shape index (κ3) is 3.61. The normalized spacial score (nSPS) is 18.6. The van der Waals surface area contributed by atoms with Crippen molar-refractivity contribution >= 4 is 0 Å². The zero-order valence-electron chi connectivity index (χ0n) is 12.1. The van der Waals surface area contributed by atoms with Crippen LogP contribution in [0.25, 0.3) is 0 Å². The zero-order valence-corrected chi connectivity index (χ0v) is 12.1. The van der Waals surface area contributed by atoms with E-state index in [1.165, 1.54) is 17.5 Å². The van der Waals surface area contributed by atoms with Crippen molar-refractivity contribution in [1.82, 2.24) is 10.6 Å². The molecule has 1 atom stereocenters. The van der Waals surface area contributed by atoms with Gasteiger partial charge in [-0.3, -0.25) is 0 Å². The monoisotopic (exact) mass is 264 g/mol. The van der Waals surface area contributed by atoms with E-state index < -0.39 is 0 Å². The predicted molar refractivity (Wildman–Crippen MR) is 77.0 cm³/mol. The number of hydrogen-bond acceptors (Lipinski definition) is 4. The van der Waals surface area contributed by atoms with Crippen molar-refractivity contribution in [3.05, 3.63) is 23.3 Å². The van der Waals surface area contributed by atoms with Crippen molar-refractivity contribution in [2.24, 2.45) is 5.92 Å². The first-order valence-corrected chi connectivity index (χ1v) is 6.87. The minimum atomic E-state index is 0.764. The Kier molecular flexibility index (Phi) is 5.05. The van der Waals surface area contributed by atoms with Gasteiger partial charge in [0.2, 0.25) is 0 Å². The van der Waals surface area contributed by atoms with Crippen LogP contribution in [-0.2, 0) is 6.54 Å². The van der Waals surface area contributed by atoms with Gasteiger partial charge in [-0.2, -0.15) is 0 Å². The molecule has 1 aliphatic rings. The van der Waals surface area contributed by atoms with E-state index in [4.69, 9.17) is 9.47 Å². The van der Waals surface area contributed by atoms with Gasteiger partial charge in [0.05, 0.1) is 14.2 Å². The highest BCUT2D eigenvalue weighted by Gasteiger charge is 2.14. The van der Waals surface area contributed by atoms with Crippen molar-refractivity contribution in [3.63, 3.8) is 0 Å². The fraction of sp³-hybridized carbons (Fsp3) is 0.600. The summed E-state index contributed by atoms with van der Waals surface area (Å²) in [5.41, 5.74) is 2.50. The lowest BCUT2D eigenvalue weighted by Gasteiger charge is -2.14. The van der Waals surface area contributed by atoms with E-state index >= 15 is 0 Å². The molecule has 0 amide bonds. The maximum absolute atomic E-state index is 5.35. The minimum Gasteiger partial charge on any atom is -0.493 e. The number of nitrogens with one attached hydrogen (secondary N) is 2. The minimum absolute atomic E-state index is 0.764. The first-order chi connectivity index (χ1) is 9.24. The third-order valence-corrected chi connectivity index (χ3v) is 3.75. The summed E-state index contributed by atoms with van der Waals surface area (Å²) in [4.78, 5) is 0. The average molecular weight is 264 g/mol. The topological polar surface area (TPSA) is 42.5 Å². The summed E-state index contributed by atoms with van der Waals surface area (Å²) in [7, 11) is 3.34. The van der Waals surface area contributed by atoms with Crippen molar-refractivity contribution in [2.45, 2.75) is 19.9 Å². The van der Waals surface area contributed by atoms with E-state index in [0.717, 1.165) is 43.6 Å². The fourth-order valence-electron chi connectivity index (χ4n) is 2.51. The van der Waals surface area contributed by atoms with Crippen LogP contribution in [0.2, 0.25) is 0 Å². The SMILES string of the molecule is COc1cc(C)c(CNCC2CCNC2)cc1OC. The second-order valence-corrected chi connectivity index (χ2v) is 5.12. The Hall–Kier alpha value is -1.26. The Bertz CT molecular complexity index is 415. The van der Waals surface area contributed by atoms with Gasteiger partial charge < -0.3 is 20.1 Å². The van der Waals surface area contributed by atoms with Crippen LogP contribution in [0.5, 0.6) is 11.5 Å². The summed E-state index contributed by atoms with van der Waals surface area (Å²) in [6.07, 6.45) is 1.28. The molecule has 0 aliphatic carbocycles. The van der Waals surface area contributed by atoms with E-state index in [0.29, 0.717) is 0 Å². The molecule has 1 aliphatic heterocycles. The quantitative estimate of drug-likeness (QED) is 0.821. The van der Waals surface area contributed by atoms with Gasteiger partial charge in [-0.25, -0.2) is 0 Å². The lowest BCUT2D eigenvalue weighted by molar-refractivity contribution is 0.354. The molecule has 2 N–H and O–H groups in total. The maximum atomic E-state index is 5.35. The Morgan fingerprint density at radius 2 is 2.00 bits per heavy atom. The first-order valence-electron chi connectivity index (χ1n) is 6.87. The number of hydrogen-bond donors (Lipinski definition) is 2. The van der Waals surface area contributed by atoms with E-state index in [-0.39, 0.29) is 0 Å². The second-order valence-electron chi connectivity index (χ2n) is 5.12. The Morgan fingerprint density at radius 3 is 2.63 bits per heavy atom. The molecule has 1 saturated heterocycles. The summed E-state index contributed by atoms with van der Waals surface area (Å²) >= 11 is 0. The standard InChI is InChI=1S/C15H24N2O2/c1-11-6-14(18-2)15(19-3)7-13(11)10-17-9-12-4-5-16-8-12/h6-7,12,16-17H,4-5,8-10H2,1-3H3. The molecule has 2 rings (SSSR count). The Morgan fingerprint density at radius 1 is 1.26 bits per heavy atom. The van der Waals surface area contributed by atoms with Crippen molar-refractivity contribution in [1.29, 1.82) is 0 Å². The molecule has 0 saturated carbocycles. The van der Waals surface area contributed by atoms with E-state index in [1.54, 1.807) is 14.2 Å². The van der Waals surface area contributed by atoms with Crippen molar-refractivity contribution in [2.75, 3.05) is 33.9 Å². The molecule has 4 heteroatoms. The molecule has 4 nitrogen and oxygen atoms in total. The van der Waals surface area contributed by atoms with Crippen LogP contribution in [0.1, 0.15) is 17.5 Å². The molecule has 1 heterocycles. The molecule has 0 bridgehead atoms. The van der Waals surface area contributed by atoms with Crippen molar-refractivity contribution in [3.8, 4) is 11.5 Å². The molecule has 19 heavy (non-hydrogen) atoms. The van der Waals surface area contributed by atoms with Gasteiger partial charge in [0.15, 0.2) is 11.5 Å². The van der Waals surface area contributed by atoms with Crippen LogP contribution in [-0.4, -0.2) is 33.9 Å². The van der Waals surface area contributed by atoms with Gasteiger partial charge in [-0.05, 0) is 62.2 Å². The van der Waals surface area contributed by atoms with Gasteiger partial charge in [-0.1, -0.05) is 0 Å². The molecule has 106 valence electrons. The predicted octanol–water partition coefficient (Wildman–Crippen LogP) is 1.71. The molecule has 1 fully saturated rings. The first kappa shape index (κ1) is 14.2. The van der Waals surface area contributed by atoms with Gasteiger partial charge in [0, 0.05) is 6.54 Å². The van der Waals surface area contributed by atoms with Crippen molar-refractivity contribution < 1.29 is 9.47 Å². The molecule has 0 spiro atoms. The number of methoxy groups -OCH3 is 2. The van der Waals surface area contributed by atoms with Crippen LogP contribution in [0, 0.1) is 12.8 Å². The van der Waals surface area contributed by atoms with Crippen LogP contribution in [0.4, 0.5) is 0 Å². The molecule has 1 unspecified atom stereocenters. The van der Waals surface area contributed by atoms with Gasteiger partial charge in [0.25, 0.3) is 0 Å². The summed E-state index contributed by atoms with van der Waals surface area (Å²) in [5, 5.41) is 6.93. The highest BCUT2D eigenvalue weighted by Crippen LogP contribution is 2.30. The average Bonchev–Trinajstić information content (AvgIpc) is 2.93. The lowest BCUT2D eigenvalue weighted by Crippen LogP contribution is -2.24. The second kappa shape index (κ2) is 6.78. The third-order valence-electron chi connectivity index (χ3n) is 3.75. The van der Waals surface area contributed by atoms with Gasteiger partial charge in [-0.15, -0.1) is 0 Å². The largest absolute Gasteiger partial charge is 0.493 e. The molecule has 0 radical (unpaired) electrons. The van der Waals surface area contributed by atoms with E-state index in [1.807, 2.05) is 6.07 Å². The molecular formula is C15H24N2O2. The summed E-state index contributed by atoms with van der Waals surface area (Å²) in [5.74, 6) is 2.36. The summed E-state index contributed by atoms with van der Waals surface area (Å²) < 4.78 is 10.7. The van der Waals surface area contributed by atoms with Crippen LogP contribution < -0.4 is 20.1 Å². The lowest BCUT2D eigenvalue weighted by atomic mass is 10.1. The molecule has 1 aromatic carbocycles. The maximum Gasteiger partial charge on any atom is 0.161 e. The van der Waals surface area contributed by atoms with E-state index in [9.17, 15) is 0 Å². The number of benzene rings is 1. The molecular weight excluding hydrogens is 240 g/mol. The number of aryl methyl sites for hydroxylation is 1. The van der Waals surface area contributed by atoms with Crippen LogP contribution in [0.15, 0.2) is 12.1 Å². The Balaban J connectivity index is 1.95. The highest BCUT2D eigenvalue weighted by molar-refractivity contribution is 5.46. The smallest absolute Gasteiger partial charge is 0.161 e. The molecule has 1 aromatic rings. The fourth-order valence-corrected chi connectivity index (χ4v) is 2.51. The summed E-state index contributed by atoms with van der Waals surface area (Å²) in [6.45, 7) is 6.35. The van der Waals surface area contributed by atoms with E-state index in [2.05, 4.69) is 23.6 Å². The number of rotatable bonds is 6. The zero-order chi connectivity index (χ0) is 13.7. The van der Waals surface area contributed by atoms with Crippen LogP contribution in [0.3, 0.4) is 0 Å². The Labute approximate surface area is 115 Å². The molecule has 0 aromatic heterocycles. The summed E-state index contributed by atoms with van der Waals surface area (Å²) in [6, 6.07) is 4.10. The van der Waals surface area contributed by atoms with Gasteiger partial charge in [0.1, 0.15) is 0 Å². The van der Waals surface area contributed by atoms with Crippen LogP contribution >= 0.6 is 0 Å². The van der Waals surface area contributed by atoms with Gasteiger partial charge >= 0.3 is 0 Å². The number of ether oxygens (including phenoxy) is 2.